The number of urea groups is 1. The number of hydrogen-bond acceptors (Lipinski definition) is 3. The Morgan fingerprint density at radius 3 is 2.70 bits per heavy atom. The number of carboxylic acids is 1. The third-order valence-corrected chi connectivity index (χ3v) is 2.93. The van der Waals surface area contributed by atoms with Crippen molar-refractivity contribution in [3.63, 3.8) is 0 Å². The van der Waals surface area contributed by atoms with Crippen LogP contribution in [-0.2, 0) is 4.79 Å². The molecule has 6 nitrogen and oxygen atoms in total. The molecule has 0 fully saturated rings. The van der Waals surface area contributed by atoms with E-state index in [1.807, 2.05) is 6.92 Å². The molecule has 0 aliphatic heterocycles. The summed E-state index contributed by atoms with van der Waals surface area (Å²) in [5.41, 5.74) is 0.351. The van der Waals surface area contributed by atoms with E-state index in [-0.39, 0.29) is 0 Å². The number of carbonyl (C=O) groups is 2. The Kier molecular flexibility index (Phi) is 6.11. The Morgan fingerprint density at radius 2 is 2.15 bits per heavy atom. The quantitative estimate of drug-likeness (QED) is 0.754. The number of hydrogen-bond donors (Lipinski definition) is 3. The van der Waals surface area contributed by atoms with Gasteiger partial charge < -0.3 is 20.5 Å². The number of benzene rings is 1. The van der Waals surface area contributed by atoms with E-state index in [9.17, 15) is 9.59 Å². The Hall–Kier alpha value is -1.95. The van der Waals surface area contributed by atoms with Gasteiger partial charge in [-0.2, -0.15) is 0 Å². The van der Waals surface area contributed by atoms with Crippen molar-refractivity contribution >= 4 is 29.3 Å². The van der Waals surface area contributed by atoms with Gasteiger partial charge in [-0.25, -0.2) is 9.59 Å². The number of rotatable bonds is 6. The fourth-order valence-electron chi connectivity index (χ4n) is 1.59. The van der Waals surface area contributed by atoms with Gasteiger partial charge in [0, 0.05) is 6.07 Å². The number of amides is 2. The minimum absolute atomic E-state index is 0.336. The van der Waals surface area contributed by atoms with Crippen LogP contribution in [0, 0.1) is 0 Å². The number of halogens is 1. The summed E-state index contributed by atoms with van der Waals surface area (Å²) < 4.78 is 5.02. The summed E-state index contributed by atoms with van der Waals surface area (Å²) in [7, 11) is 1.49. The highest BCUT2D eigenvalue weighted by Gasteiger charge is 2.19. The molecular formula is C13H17ClN2O4. The number of aliphatic carboxylic acids is 1. The zero-order valence-corrected chi connectivity index (χ0v) is 12.0. The molecule has 0 spiro atoms. The third kappa shape index (κ3) is 4.62. The van der Waals surface area contributed by atoms with Crippen LogP contribution >= 0.6 is 11.6 Å². The highest BCUT2D eigenvalue weighted by atomic mass is 35.5. The monoisotopic (exact) mass is 300 g/mol. The first-order valence-corrected chi connectivity index (χ1v) is 6.49. The minimum atomic E-state index is -1.07. The number of nitrogens with one attached hydrogen (secondary N) is 2. The van der Waals surface area contributed by atoms with E-state index in [0.29, 0.717) is 29.3 Å². The molecule has 1 atom stereocenters. The van der Waals surface area contributed by atoms with Gasteiger partial charge in [0.25, 0.3) is 0 Å². The van der Waals surface area contributed by atoms with Gasteiger partial charge in [-0.05, 0) is 18.6 Å². The summed E-state index contributed by atoms with van der Waals surface area (Å²) in [6.07, 6.45) is 1.01. The Balaban J connectivity index is 2.72. The zero-order valence-electron chi connectivity index (χ0n) is 11.3. The van der Waals surface area contributed by atoms with E-state index in [0.717, 1.165) is 0 Å². The van der Waals surface area contributed by atoms with Gasteiger partial charge in [0.15, 0.2) is 0 Å². The van der Waals surface area contributed by atoms with Gasteiger partial charge in [0.05, 0.1) is 17.8 Å². The first-order chi connectivity index (χ1) is 9.47. The van der Waals surface area contributed by atoms with E-state index >= 15 is 0 Å². The van der Waals surface area contributed by atoms with Crippen molar-refractivity contribution in [1.82, 2.24) is 5.32 Å². The lowest BCUT2D eigenvalue weighted by Gasteiger charge is -2.15. The Labute approximate surface area is 122 Å². The van der Waals surface area contributed by atoms with Crippen molar-refractivity contribution in [3.05, 3.63) is 23.2 Å². The molecule has 3 N–H and O–H groups in total. The van der Waals surface area contributed by atoms with Crippen molar-refractivity contribution in [2.24, 2.45) is 0 Å². The van der Waals surface area contributed by atoms with E-state index in [1.165, 1.54) is 7.11 Å². The molecule has 1 aromatic rings. The van der Waals surface area contributed by atoms with Crippen LogP contribution in [0.4, 0.5) is 10.5 Å². The van der Waals surface area contributed by atoms with Gasteiger partial charge in [0.1, 0.15) is 11.8 Å². The lowest BCUT2D eigenvalue weighted by atomic mass is 10.2. The first kappa shape index (κ1) is 16.1. The van der Waals surface area contributed by atoms with Crippen LogP contribution in [0.15, 0.2) is 18.2 Å². The molecular weight excluding hydrogens is 284 g/mol. The van der Waals surface area contributed by atoms with Crippen LogP contribution < -0.4 is 15.4 Å². The first-order valence-electron chi connectivity index (χ1n) is 6.11. The zero-order chi connectivity index (χ0) is 15.1. The van der Waals surface area contributed by atoms with Crippen LogP contribution in [-0.4, -0.2) is 30.3 Å². The van der Waals surface area contributed by atoms with E-state index in [2.05, 4.69) is 10.6 Å². The predicted molar refractivity (Wildman–Crippen MR) is 76.5 cm³/mol. The number of carboxylic acid groups (broad SMARTS) is 1. The molecule has 1 unspecified atom stereocenters. The average molecular weight is 301 g/mol. The standard InChI is InChI=1S/C13H17ClN2O4/c1-3-4-10(12(17)18)15-13(19)16-11-7-8(20-2)5-6-9(11)14/h5-7,10H,3-4H2,1-2H3,(H,17,18)(H2,15,16,19). The molecule has 110 valence electrons. The molecule has 0 radical (unpaired) electrons. The average Bonchev–Trinajstić information content (AvgIpc) is 2.40. The molecule has 2 amide bonds. The maximum atomic E-state index is 11.8. The number of anilines is 1. The Bertz CT molecular complexity index is 493. The molecule has 20 heavy (non-hydrogen) atoms. The second-order valence-electron chi connectivity index (χ2n) is 4.12. The second-order valence-corrected chi connectivity index (χ2v) is 4.53. The molecule has 0 bridgehead atoms. The molecule has 0 heterocycles. The van der Waals surface area contributed by atoms with Crippen molar-refractivity contribution in [2.45, 2.75) is 25.8 Å². The van der Waals surface area contributed by atoms with E-state index < -0.39 is 18.0 Å². The maximum absolute atomic E-state index is 11.8. The summed E-state index contributed by atoms with van der Waals surface area (Å²) in [4.78, 5) is 22.7. The van der Waals surface area contributed by atoms with Crippen molar-refractivity contribution in [2.75, 3.05) is 12.4 Å². The molecule has 1 aromatic carbocycles. The van der Waals surface area contributed by atoms with Gasteiger partial charge in [-0.1, -0.05) is 24.9 Å². The summed E-state index contributed by atoms with van der Waals surface area (Å²) in [6.45, 7) is 1.84. The molecule has 0 aliphatic carbocycles. The largest absolute Gasteiger partial charge is 0.497 e. The van der Waals surface area contributed by atoms with Crippen LogP contribution in [0.3, 0.4) is 0 Å². The third-order valence-electron chi connectivity index (χ3n) is 2.60. The van der Waals surface area contributed by atoms with Crippen molar-refractivity contribution in [3.8, 4) is 5.75 Å². The van der Waals surface area contributed by atoms with Crippen LogP contribution in [0.25, 0.3) is 0 Å². The second kappa shape index (κ2) is 7.59. The van der Waals surface area contributed by atoms with Crippen molar-refractivity contribution < 1.29 is 19.4 Å². The number of carbonyl (C=O) groups excluding carboxylic acids is 1. The molecule has 1 rings (SSSR count). The van der Waals surface area contributed by atoms with Crippen LogP contribution in [0.2, 0.25) is 5.02 Å². The fraction of sp³-hybridized carbons (Fsp3) is 0.385. The van der Waals surface area contributed by atoms with Gasteiger partial charge >= 0.3 is 12.0 Å². The summed E-state index contributed by atoms with van der Waals surface area (Å²) in [5, 5.41) is 14.2. The predicted octanol–water partition coefficient (Wildman–Crippen LogP) is 2.72. The van der Waals surface area contributed by atoms with Gasteiger partial charge in [-0.15, -0.1) is 0 Å². The molecule has 0 saturated heterocycles. The summed E-state index contributed by atoms with van der Waals surface area (Å²) >= 11 is 5.94. The number of methoxy groups -OCH3 is 1. The Morgan fingerprint density at radius 1 is 1.45 bits per heavy atom. The van der Waals surface area contributed by atoms with Crippen LogP contribution in [0.1, 0.15) is 19.8 Å². The fourth-order valence-corrected chi connectivity index (χ4v) is 1.75. The maximum Gasteiger partial charge on any atom is 0.326 e. The smallest absolute Gasteiger partial charge is 0.326 e. The normalized spacial score (nSPS) is 11.6. The molecule has 0 saturated carbocycles. The SMILES string of the molecule is CCCC(NC(=O)Nc1cc(OC)ccc1Cl)C(=O)O. The molecule has 0 aromatic heterocycles. The highest BCUT2D eigenvalue weighted by Crippen LogP contribution is 2.26. The topological polar surface area (TPSA) is 87.7 Å². The van der Waals surface area contributed by atoms with Gasteiger partial charge in [-0.3, -0.25) is 0 Å². The van der Waals surface area contributed by atoms with Crippen molar-refractivity contribution in [1.29, 1.82) is 0 Å². The summed E-state index contributed by atoms with van der Waals surface area (Å²) in [5.74, 6) is -0.535. The summed E-state index contributed by atoms with van der Waals surface area (Å²) in [6, 6.07) is 3.24. The highest BCUT2D eigenvalue weighted by molar-refractivity contribution is 6.33. The van der Waals surface area contributed by atoms with E-state index in [1.54, 1.807) is 18.2 Å². The number of ether oxygens (including phenoxy) is 1. The van der Waals surface area contributed by atoms with E-state index in [4.69, 9.17) is 21.4 Å². The minimum Gasteiger partial charge on any atom is -0.497 e. The lowest BCUT2D eigenvalue weighted by molar-refractivity contribution is -0.139. The van der Waals surface area contributed by atoms with Crippen LogP contribution in [0.5, 0.6) is 5.75 Å². The van der Waals surface area contributed by atoms with Gasteiger partial charge in [0.2, 0.25) is 0 Å². The molecule has 7 heteroatoms. The lowest BCUT2D eigenvalue weighted by Crippen LogP contribution is -2.42. The molecule has 0 aliphatic rings.